The van der Waals surface area contributed by atoms with Gasteiger partial charge in [0.05, 0.1) is 16.2 Å². The first-order valence-electron chi connectivity index (χ1n) is 11.4. The summed E-state index contributed by atoms with van der Waals surface area (Å²) in [5.74, 6) is -1.22. The summed E-state index contributed by atoms with van der Waals surface area (Å²) in [6.45, 7) is 0.712. The molecule has 1 amide bonds. The molecule has 1 fully saturated rings. The highest BCUT2D eigenvalue weighted by Gasteiger charge is 2.45. The normalized spacial score (nSPS) is 20.2. The van der Waals surface area contributed by atoms with E-state index in [0.29, 0.717) is 17.7 Å². The number of sulfonamides is 1. The molecule has 7 nitrogen and oxygen atoms in total. The summed E-state index contributed by atoms with van der Waals surface area (Å²) in [5.41, 5.74) is -3.21. The lowest BCUT2D eigenvalue weighted by molar-refractivity contribution is -0.137. The van der Waals surface area contributed by atoms with Gasteiger partial charge in [0.25, 0.3) is 5.91 Å². The number of sulfone groups is 1. The molecule has 1 atom stereocenters. The average molecular weight is 595 g/mol. The van der Waals surface area contributed by atoms with Gasteiger partial charge in [0.15, 0.2) is 15.5 Å². The van der Waals surface area contributed by atoms with Crippen molar-refractivity contribution < 1.29 is 39.2 Å². The van der Waals surface area contributed by atoms with Gasteiger partial charge < -0.3 is 5.32 Å². The summed E-state index contributed by atoms with van der Waals surface area (Å²) in [4.78, 5) is 12.2. The van der Waals surface area contributed by atoms with E-state index < -0.39 is 80.0 Å². The van der Waals surface area contributed by atoms with Crippen LogP contribution in [0.4, 0.5) is 17.6 Å². The number of nitrogens with zero attached hydrogens (tertiary/aromatic N) is 1. The number of carbonyl (C=O) groups is 1. The van der Waals surface area contributed by atoms with Gasteiger partial charge in [-0.15, -0.1) is 0 Å². The van der Waals surface area contributed by atoms with Crippen LogP contribution in [0.1, 0.15) is 25.3 Å². The number of nitrogens with one attached hydrogen (secondary N) is 1. The zero-order chi connectivity index (χ0) is 28.1. The first kappa shape index (κ1) is 28.5. The van der Waals surface area contributed by atoms with E-state index in [1.807, 2.05) is 0 Å². The van der Waals surface area contributed by atoms with E-state index >= 15 is 4.39 Å². The van der Waals surface area contributed by atoms with Crippen molar-refractivity contribution in [2.24, 2.45) is 0 Å². The van der Waals surface area contributed by atoms with Gasteiger partial charge in [-0.2, -0.15) is 17.5 Å². The molecule has 0 aliphatic carbocycles. The van der Waals surface area contributed by atoms with Crippen molar-refractivity contribution in [1.82, 2.24) is 9.62 Å². The number of carbonyl (C=O) groups excluding carboxylic acids is 1. The van der Waals surface area contributed by atoms with Gasteiger partial charge in [-0.1, -0.05) is 29.8 Å². The maximum Gasteiger partial charge on any atom is 0.416 e. The van der Waals surface area contributed by atoms with Crippen LogP contribution in [-0.2, 0) is 30.8 Å². The second kappa shape index (κ2) is 9.92. The highest BCUT2D eigenvalue weighted by molar-refractivity contribution is 7.95. The SMILES string of the molecule is C[C@@H](NC(=O)C1(F)CCN(S(=O)(=O)c2ccc(C(F)(F)F)cc2-c2ccccc2Cl)CC1)C1=CS(=O)(=O)C1. The van der Waals surface area contributed by atoms with Gasteiger partial charge in [-0.3, -0.25) is 4.79 Å². The van der Waals surface area contributed by atoms with Crippen molar-refractivity contribution in [3.63, 3.8) is 0 Å². The molecular weight excluding hydrogens is 572 g/mol. The predicted molar refractivity (Wildman–Crippen MR) is 133 cm³/mol. The Bertz CT molecular complexity index is 1520. The highest BCUT2D eigenvalue weighted by Crippen LogP contribution is 2.40. The van der Waals surface area contributed by atoms with Gasteiger partial charge in [-0.25, -0.2) is 21.2 Å². The Morgan fingerprint density at radius 3 is 2.26 bits per heavy atom. The first-order valence-corrected chi connectivity index (χ1v) is 15.0. The van der Waals surface area contributed by atoms with E-state index in [1.165, 1.54) is 25.1 Å². The van der Waals surface area contributed by atoms with E-state index in [-0.39, 0.29) is 21.9 Å². The molecule has 0 unspecified atom stereocenters. The molecule has 1 saturated heterocycles. The van der Waals surface area contributed by atoms with Gasteiger partial charge in [0.2, 0.25) is 10.0 Å². The fourth-order valence-electron chi connectivity index (χ4n) is 4.35. The Kier molecular flexibility index (Phi) is 7.45. The lowest BCUT2D eigenvalue weighted by atomic mass is 9.93. The van der Waals surface area contributed by atoms with Gasteiger partial charge in [-0.05, 0) is 36.8 Å². The number of amides is 1. The average Bonchev–Trinajstić information content (AvgIpc) is 2.82. The molecule has 206 valence electrons. The molecule has 0 bridgehead atoms. The molecule has 2 aliphatic rings. The van der Waals surface area contributed by atoms with Crippen LogP contribution < -0.4 is 5.32 Å². The van der Waals surface area contributed by atoms with Crippen LogP contribution in [0.5, 0.6) is 0 Å². The molecule has 0 spiro atoms. The van der Waals surface area contributed by atoms with Crippen molar-refractivity contribution in [2.45, 2.75) is 42.5 Å². The first-order chi connectivity index (χ1) is 17.5. The van der Waals surface area contributed by atoms with Gasteiger partial charge >= 0.3 is 6.18 Å². The molecule has 1 N–H and O–H groups in total. The zero-order valence-electron chi connectivity index (χ0n) is 19.9. The van der Waals surface area contributed by atoms with E-state index in [1.54, 1.807) is 6.07 Å². The minimum absolute atomic E-state index is 0.0462. The Morgan fingerprint density at radius 1 is 1.11 bits per heavy atom. The highest BCUT2D eigenvalue weighted by atomic mass is 35.5. The molecule has 2 aliphatic heterocycles. The second-order valence-electron chi connectivity index (χ2n) is 9.25. The molecule has 2 heterocycles. The Labute approximate surface area is 222 Å². The number of piperidine rings is 1. The smallest absolute Gasteiger partial charge is 0.347 e. The number of alkyl halides is 4. The van der Waals surface area contributed by atoms with Crippen molar-refractivity contribution in [1.29, 1.82) is 0 Å². The van der Waals surface area contributed by atoms with Gasteiger partial charge in [0, 0.05) is 53.5 Å². The van der Waals surface area contributed by atoms with Crippen molar-refractivity contribution >= 4 is 37.4 Å². The van der Waals surface area contributed by atoms with E-state index in [2.05, 4.69) is 5.32 Å². The minimum atomic E-state index is -4.73. The molecule has 0 saturated carbocycles. The molecular formula is C24H23ClF4N2O5S2. The standard InChI is InChI=1S/C24H23ClF4N2O5S2/c1-15(16-13-37(33,34)14-16)30-22(32)23(26)8-10-31(11-9-23)38(35,36)21-7-6-17(24(27,28)29)12-19(21)18-4-2-3-5-20(18)25/h2-7,12-13,15H,8-11,14H2,1H3,(H,30,32)/t15-/m1/s1. The number of benzene rings is 2. The molecule has 0 radical (unpaired) electrons. The van der Waals surface area contributed by atoms with E-state index in [0.717, 1.165) is 15.8 Å². The number of halogens is 5. The van der Waals surface area contributed by atoms with Crippen LogP contribution in [0.15, 0.2) is 58.3 Å². The lowest BCUT2D eigenvalue weighted by Crippen LogP contribution is -2.54. The van der Waals surface area contributed by atoms with Crippen LogP contribution in [0.3, 0.4) is 0 Å². The molecule has 38 heavy (non-hydrogen) atoms. The fourth-order valence-corrected chi connectivity index (χ4v) is 7.55. The Hall–Kier alpha value is -2.48. The van der Waals surface area contributed by atoms with Crippen LogP contribution in [0, 0.1) is 0 Å². The predicted octanol–water partition coefficient (Wildman–Crippen LogP) is 4.34. The fraction of sp³-hybridized carbons (Fsp3) is 0.375. The Balaban J connectivity index is 1.57. The summed E-state index contributed by atoms with van der Waals surface area (Å²) >= 11 is 6.18. The lowest BCUT2D eigenvalue weighted by Gasteiger charge is -2.36. The van der Waals surface area contributed by atoms with E-state index in [9.17, 15) is 34.8 Å². The van der Waals surface area contributed by atoms with Crippen LogP contribution in [0.25, 0.3) is 11.1 Å². The zero-order valence-corrected chi connectivity index (χ0v) is 22.3. The number of hydrogen-bond acceptors (Lipinski definition) is 5. The van der Waals surface area contributed by atoms with Crippen molar-refractivity contribution in [3.05, 3.63) is 64.0 Å². The topological polar surface area (TPSA) is 101 Å². The second-order valence-corrected chi connectivity index (χ2v) is 13.4. The molecule has 2 aromatic carbocycles. The quantitative estimate of drug-likeness (QED) is 0.502. The number of rotatable bonds is 6. The van der Waals surface area contributed by atoms with Crippen molar-refractivity contribution in [2.75, 3.05) is 18.8 Å². The summed E-state index contributed by atoms with van der Waals surface area (Å²) in [7, 11) is -7.70. The van der Waals surface area contributed by atoms with Crippen LogP contribution >= 0.6 is 11.6 Å². The van der Waals surface area contributed by atoms with Crippen molar-refractivity contribution in [3.8, 4) is 11.1 Å². The summed E-state index contributed by atoms with van der Waals surface area (Å²) in [6, 6.07) is 7.36. The monoisotopic (exact) mass is 594 g/mol. The summed E-state index contributed by atoms with van der Waals surface area (Å²) in [6.07, 6.45) is -5.73. The largest absolute Gasteiger partial charge is 0.416 e. The minimum Gasteiger partial charge on any atom is -0.347 e. The van der Waals surface area contributed by atoms with Gasteiger partial charge in [0.1, 0.15) is 0 Å². The molecule has 0 aromatic heterocycles. The molecule has 2 aromatic rings. The van der Waals surface area contributed by atoms with Crippen LogP contribution in [0.2, 0.25) is 5.02 Å². The maximum absolute atomic E-state index is 15.5. The third-order valence-electron chi connectivity index (χ3n) is 6.61. The summed E-state index contributed by atoms with van der Waals surface area (Å²) < 4.78 is 106. The molecule has 4 rings (SSSR count). The van der Waals surface area contributed by atoms with Crippen LogP contribution in [-0.4, -0.2) is 57.6 Å². The van der Waals surface area contributed by atoms with E-state index in [4.69, 9.17) is 11.6 Å². The number of hydrogen-bond donors (Lipinski definition) is 1. The third kappa shape index (κ3) is 5.61. The third-order valence-corrected chi connectivity index (χ3v) is 10.3. The maximum atomic E-state index is 15.5. The molecule has 14 heteroatoms. The Morgan fingerprint density at radius 2 is 1.71 bits per heavy atom. The summed E-state index contributed by atoms with van der Waals surface area (Å²) in [5, 5.41) is 3.50.